The van der Waals surface area contributed by atoms with Gasteiger partial charge in [0.1, 0.15) is 5.82 Å². The fraction of sp³-hybridized carbons (Fsp3) is 0.583. The minimum atomic E-state index is -4.62. The van der Waals surface area contributed by atoms with E-state index >= 15 is 0 Å². The van der Waals surface area contributed by atoms with Crippen molar-refractivity contribution in [2.45, 2.75) is 64.8 Å². The molecule has 0 spiro atoms. The van der Waals surface area contributed by atoms with E-state index in [9.17, 15) is 22.4 Å². The highest BCUT2D eigenvalue weighted by Gasteiger charge is 2.41. The molecule has 1 saturated heterocycles. The highest BCUT2D eigenvalue weighted by atomic mass is 35.5. The van der Waals surface area contributed by atoms with Crippen LogP contribution < -0.4 is 0 Å². The summed E-state index contributed by atoms with van der Waals surface area (Å²) in [5.74, 6) is -0.378. The SMILES string of the molecule is CC(C)N1CCC(CC(=O)N2CCc3c(C(F)(F)F)nn(Cc4ccc(Cl)cc4F)c3C2)CC1.Cl. The second kappa shape index (κ2) is 11.0. The summed E-state index contributed by atoms with van der Waals surface area (Å²) < 4.78 is 56.5. The van der Waals surface area contributed by atoms with Crippen LogP contribution in [0.1, 0.15) is 55.6 Å². The van der Waals surface area contributed by atoms with Crippen LogP contribution in [0.5, 0.6) is 0 Å². The first-order valence-electron chi connectivity index (χ1n) is 11.6. The van der Waals surface area contributed by atoms with E-state index in [0.717, 1.165) is 32.0 Å². The first-order valence-corrected chi connectivity index (χ1v) is 12.0. The van der Waals surface area contributed by atoms with E-state index in [-0.39, 0.29) is 66.4 Å². The molecule has 11 heteroatoms. The molecule has 4 rings (SSSR count). The van der Waals surface area contributed by atoms with Gasteiger partial charge >= 0.3 is 6.18 Å². The van der Waals surface area contributed by atoms with Crippen LogP contribution in [0, 0.1) is 11.7 Å². The number of fused-ring (bicyclic) bond motifs is 1. The zero-order valence-electron chi connectivity index (χ0n) is 19.7. The molecule has 1 aromatic heterocycles. The Labute approximate surface area is 213 Å². The standard InChI is InChI=1S/C24H29ClF4N4O.ClH/c1-15(2)31-8-5-16(6-9-31)11-22(34)32-10-7-19-21(14-32)33(30-23(19)24(27,28)29)13-17-3-4-18(25)12-20(17)26;/h3-4,12,15-16H,5-11,13-14H2,1-2H3;1H. The zero-order valence-corrected chi connectivity index (χ0v) is 21.3. The molecule has 2 aromatic rings. The molecule has 0 radical (unpaired) electrons. The van der Waals surface area contributed by atoms with Gasteiger partial charge in [0, 0.05) is 35.2 Å². The lowest BCUT2D eigenvalue weighted by Gasteiger charge is -2.35. The summed E-state index contributed by atoms with van der Waals surface area (Å²) in [4.78, 5) is 17.1. The summed E-state index contributed by atoms with van der Waals surface area (Å²) in [5, 5.41) is 4.01. The molecular weight excluding hydrogens is 507 g/mol. The van der Waals surface area contributed by atoms with E-state index in [1.807, 2.05) is 0 Å². The van der Waals surface area contributed by atoms with Crippen LogP contribution in [-0.2, 0) is 30.5 Å². The summed E-state index contributed by atoms with van der Waals surface area (Å²) in [6, 6.07) is 4.53. The average Bonchev–Trinajstić information content (AvgIpc) is 3.14. The van der Waals surface area contributed by atoms with Crippen LogP contribution in [0.3, 0.4) is 0 Å². The lowest BCUT2D eigenvalue weighted by molar-refractivity contribution is -0.142. The van der Waals surface area contributed by atoms with Gasteiger partial charge in [-0.1, -0.05) is 17.7 Å². The molecule has 0 N–H and O–H groups in total. The van der Waals surface area contributed by atoms with Gasteiger partial charge in [-0.05, 0) is 64.3 Å². The number of likely N-dealkylation sites (tertiary alicyclic amines) is 1. The van der Waals surface area contributed by atoms with Crippen molar-refractivity contribution in [2.24, 2.45) is 5.92 Å². The molecule has 5 nitrogen and oxygen atoms in total. The third-order valence-corrected chi connectivity index (χ3v) is 7.17. The Kier molecular flexibility index (Phi) is 8.76. The van der Waals surface area contributed by atoms with Gasteiger partial charge in [0.05, 0.1) is 18.8 Å². The Morgan fingerprint density at radius 1 is 1.20 bits per heavy atom. The molecule has 0 atom stereocenters. The summed E-state index contributed by atoms with van der Waals surface area (Å²) >= 11 is 5.80. The largest absolute Gasteiger partial charge is 0.435 e. The molecule has 1 amide bonds. The maximum absolute atomic E-state index is 14.3. The van der Waals surface area contributed by atoms with Crippen molar-refractivity contribution in [3.63, 3.8) is 0 Å². The molecule has 0 aliphatic carbocycles. The van der Waals surface area contributed by atoms with E-state index in [0.29, 0.717) is 18.2 Å². The predicted octanol–water partition coefficient (Wildman–Crippen LogP) is 5.56. The number of aromatic nitrogens is 2. The number of nitrogens with zero attached hydrogens (tertiary/aromatic N) is 4. The fourth-order valence-electron chi connectivity index (χ4n) is 4.91. The second-order valence-corrected chi connectivity index (χ2v) is 9.94. The summed E-state index contributed by atoms with van der Waals surface area (Å²) in [6.07, 6.45) is -2.27. The Morgan fingerprint density at radius 2 is 1.89 bits per heavy atom. The minimum absolute atomic E-state index is 0. The van der Waals surface area contributed by atoms with Crippen molar-refractivity contribution in [1.29, 1.82) is 0 Å². The van der Waals surface area contributed by atoms with Crippen molar-refractivity contribution < 1.29 is 22.4 Å². The smallest absolute Gasteiger partial charge is 0.336 e. The number of amides is 1. The Bertz CT molecular complexity index is 1050. The molecule has 2 aliphatic heterocycles. The van der Waals surface area contributed by atoms with Crippen molar-refractivity contribution >= 4 is 29.9 Å². The highest BCUT2D eigenvalue weighted by Crippen LogP contribution is 2.36. The third kappa shape index (κ3) is 6.30. The summed E-state index contributed by atoms with van der Waals surface area (Å²) in [7, 11) is 0. The van der Waals surface area contributed by atoms with Crippen molar-refractivity contribution in [2.75, 3.05) is 19.6 Å². The van der Waals surface area contributed by atoms with Gasteiger partial charge in [0.15, 0.2) is 5.69 Å². The van der Waals surface area contributed by atoms with Gasteiger partial charge in [0.2, 0.25) is 5.91 Å². The van der Waals surface area contributed by atoms with Crippen LogP contribution in [-0.4, -0.2) is 51.2 Å². The van der Waals surface area contributed by atoms with Gasteiger partial charge in [0.25, 0.3) is 0 Å². The molecule has 0 saturated carbocycles. The van der Waals surface area contributed by atoms with Gasteiger partial charge in [-0.2, -0.15) is 18.3 Å². The lowest BCUT2D eigenvalue weighted by Crippen LogP contribution is -2.41. The van der Waals surface area contributed by atoms with Gasteiger partial charge in [-0.3, -0.25) is 9.48 Å². The number of carbonyl (C=O) groups excluding carboxylic acids is 1. The fourth-order valence-corrected chi connectivity index (χ4v) is 5.07. The van der Waals surface area contributed by atoms with Crippen LogP contribution in [0.4, 0.5) is 17.6 Å². The summed E-state index contributed by atoms with van der Waals surface area (Å²) in [5.41, 5.74) is -0.360. The number of hydrogen-bond acceptors (Lipinski definition) is 3. The predicted molar refractivity (Wildman–Crippen MR) is 128 cm³/mol. The number of piperidine rings is 1. The number of alkyl halides is 3. The van der Waals surface area contributed by atoms with Gasteiger partial charge in [-0.25, -0.2) is 4.39 Å². The normalized spacial score (nSPS) is 17.4. The van der Waals surface area contributed by atoms with Crippen molar-refractivity contribution in [3.05, 3.63) is 51.6 Å². The Hall–Kier alpha value is -1.84. The van der Waals surface area contributed by atoms with Crippen molar-refractivity contribution in [1.82, 2.24) is 19.6 Å². The quantitative estimate of drug-likeness (QED) is 0.470. The average molecular weight is 537 g/mol. The third-order valence-electron chi connectivity index (χ3n) is 6.94. The van der Waals surface area contributed by atoms with E-state index in [4.69, 9.17) is 11.6 Å². The van der Waals surface area contributed by atoms with Crippen LogP contribution in [0.15, 0.2) is 18.2 Å². The number of hydrogen-bond donors (Lipinski definition) is 0. The molecule has 2 aliphatic rings. The highest BCUT2D eigenvalue weighted by molar-refractivity contribution is 6.30. The lowest BCUT2D eigenvalue weighted by atomic mass is 9.92. The number of carbonyl (C=O) groups is 1. The molecule has 194 valence electrons. The first-order chi connectivity index (χ1) is 16.0. The maximum Gasteiger partial charge on any atom is 0.435 e. The van der Waals surface area contributed by atoms with Crippen LogP contribution >= 0.6 is 24.0 Å². The Balaban J connectivity index is 0.00000342. The van der Waals surface area contributed by atoms with Gasteiger partial charge in [-0.15, -0.1) is 12.4 Å². The number of halogens is 6. The molecule has 3 heterocycles. The van der Waals surface area contributed by atoms with E-state index < -0.39 is 17.7 Å². The molecule has 0 bridgehead atoms. The van der Waals surface area contributed by atoms with Crippen LogP contribution in [0.25, 0.3) is 0 Å². The van der Waals surface area contributed by atoms with E-state index in [2.05, 4.69) is 23.8 Å². The van der Waals surface area contributed by atoms with Crippen molar-refractivity contribution in [3.8, 4) is 0 Å². The molecule has 1 aromatic carbocycles. The Morgan fingerprint density at radius 3 is 2.49 bits per heavy atom. The van der Waals surface area contributed by atoms with Gasteiger partial charge < -0.3 is 9.80 Å². The second-order valence-electron chi connectivity index (χ2n) is 9.51. The minimum Gasteiger partial charge on any atom is -0.336 e. The monoisotopic (exact) mass is 536 g/mol. The topological polar surface area (TPSA) is 41.4 Å². The summed E-state index contributed by atoms with van der Waals surface area (Å²) in [6.45, 7) is 6.31. The molecule has 35 heavy (non-hydrogen) atoms. The maximum atomic E-state index is 14.3. The first kappa shape index (κ1) is 27.7. The van der Waals surface area contributed by atoms with E-state index in [1.54, 1.807) is 4.90 Å². The molecular formula is C24H30Cl2F4N4O. The zero-order chi connectivity index (χ0) is 24.6. The number of benzene rings is 1. The molecule has 0 unspecified atom stereocenters. The molecule has 1 fully saturated rings. The van der Waals surface area contributed by atoms with E-state index in [1.165, 1.54) is 16.8 Å². The number of rotatable bonds is 5. The van der Waals surface area contributed by atoms with Crippen LogP contribution in [0.2, 0.25) is 5.02 Å².